The molecule has 0 radical (unpaired) electrons. The number of fused-ring (bicyclic) bond motifs is 1. The van der Waals surface area contributed by atoms with E-state index in [-0.39, 0.29) is 5.75 Å². The third-order valence-electron chi connectivity index (χ3n) is 2.02. The first-order chi connectivity index (χ1) is 7.70. The fourth-order valence-electron chi connectivity index (χ4n) is 1.45. The van der Waals surface area contributed by atoms with Gasteiger partial charge in [0, 0.05) is 7.11 Å². The van der Waals surface area contributed by atoms with Crippen LogP contribution in [-0.2, 0) is 11.3 Å². The van der Waals surface area contributed by atoms with Crippen LogP contribution in [0.15, 0.2) is 18.2 Å². The van der Waals surface area contributed by atoms with Crippen molar-refractivity contribution in [2.45, 2.75) is 13.2 Å². The molecule has 0 unspecified atom stereocenters. The van der Waals surface area contributed by atoms with Crippen molar-refractivity contribution in [3.05, 3.63) is 24.0 Å². The summed E-state index contributed by atoms with van der Waals surface area (Å²) in [6.45, 7) is -2.56. The number of H-pyrrole nitrogens is 1. The lowest BCUT2D eigenvalue weighted by Gasteiger charge is -2.03. The van der Waals surface area contributed by atoms with Gasteiger partial charge in [-0.25, -0.2) is 4.98 Å². The Balaban J connectivity index is 2.41. The molecule has 0 saturated heterocycles. The number of hydrogen-bond donors (Lipinski definition) is 1. The number of benzene rings is 1. The maximum atomic E-state index is 12.1. The van der Waals surface area contributed by atoms with E-state index in [1.165, 1.54) is 13.2 Å². The summed E-state index contributed by atoms with van der Waals surface area (Å²) < 4.78 is 33.5. The topological polar surface area (TPSA) is 47.1 Å². The zero-order valence-corrected chi connectivity index (χ0v) is 8.54. The van der Waals surface area contributed by atoms with Crippen LogP contribution in [0.25, 0.3) is 11.0 Å². The molecule has 0 fully saturated rings. The highest BCUT2D eigenvalue weighted by molar-refractivity contribution is 5.81. The number of hydrogen-bond acceptors (Lipinski definition) is 3. The molecule has 1 aromatic heterocycles. The van der Waals surface area contributed by atoms with E-state index in [9.17, 15) is 8.78 Å². The number of alkyl halides is 2. The smallest absolute Gasteiger partial charge is 0.387 e. The highest BCUT2D eigenvalue weighted by Crippen LogP contribution is 2.25. The van der Waals surface area contributed by atoms with Gasteiger partial charge in [-0.1, -0.05) is 6.07 Å². The lowest BCUT2D eigenvalue weighted by Crippen LogP contribution is -2.02. The molecule has 0 aliphatic carbocycles. The molecular formula is C10H10F2N2O2. The SMILES string of the molecule is COCc1nc2c(OC(F)F)cccc2[nH]1. The number of nitrogens with zero attached hydrogens (tertiary/aromatic N) is 1. The molecule has 16 heavy (non-hydrogen) atoms. The molecular weight excluding hydrogens is 218 g/mol. The quantitative estimate of drug-likeness (QED) is 0.873. The van der Waals surface area contributed by atoms with E-state index in [1.54, 1.807) is 12.1 Å². The number of imidazole rings is 1. The number of nitrogens with one attached hydrogen (secondary N) is 1. The molecule has 0 saturated carbocycles. The van der Waals surface area contributed by atoms with Crippen LogP contribution in [-0.4, -0.2) is 23.7 Å². The van der Waals surface area contributed by atoms with Gasteiger partial charge in [0.2, 0.25) is 0 Å². The van der Waals surface area contributed by atoms with Gasteiger partial charge in [-0.3, -0.25) is 0 Å². The van der Waals surface area contributed by atoms with Gasteiger partial charge in [-0.2, -0.15) is 8.78 Å². The van der Waals surface area contributed by atoms with Crippen molar-refractivity contribution in [2.75, 3.05) is 7.11 Å². The predicted molar refractivity (Wildman–Crippen MR) is 53.4 cm³/mol. The average molecular weight is 228 g/mol. The van der Waals surface area contributed by atoms with Crippen molar-refractivity contribution in [1.82, 2.24) is 9.97 Å². The summed E-state index contributed by atoms with van der Waals surface area (Å²) in [5.41, 5.74) is 1.03. The lowest BCUT2D eigenvalue weighted by molar-refractivity contribution is -0.0489. The summed E-state index contributed by atoms with van der Waals surface area (Å²) in [5.74, 6) is 0.633. The molecule has 0 aliphatic rings. The van der Waals surface area contributed by atoms with Crippen LogP contribution in [0, 0.1) is 0 Å². The molecule has 2 aromatic rings. The fourth-order valence-corrected chi connectivity index (χ4v) is 1.45. The minimum absolute atomic E-state index is 0.0612. The normalized spacial score (nSPS) is 11.2. The number of ether oxygens (including phenoxy) is 2. The first-order valence-electron chi connectivity index (χ1n) is 4.62. The second-order valence-electron chi connectivity index (χ2n) is 3.15. The van der Waals surface area contributed by atoms with Gasteiger partial charge >= 0.3 is 6.61 Å². The summed E-state index contributed by atoms with van der Waals surface area (Å²) >= 11 is 0. The minimum atomic E-state index is -2.85. The Morgan fingerprint density at radius 1 is 1.44 bits per heavy atom. The second kappa shape index (κ2) is 4.44. The Kier molecular flexibility index (Phi) is 3.00. The van der Waals surface area contributed by atoms with Crippen molar-refractivity contribution in [3.8, 4) is 5.75 Å². The fraction of sp³-hybridized carbons (Fsp3) is 0.300. The maximum absolute atomic E-state index is 12.1. The molecule has 1 N–H and O–H groups in total. The van der Waals surface area contributed by atoms with Crippen molar-refractivity contribution >= 4 is 11.0 Å². The number of para-hydroxylation sites is 1. The monoisotopic (exact) mass is 228 g/mol. The summed E-state index contributed by atoms with van der Waals surface area (Å²) in [5, 5.41) is 0. The maximum Gasteiger partial charge on any atom is 0.387 e. The molecule has 6 heteroatoms. The Morgan fingerprint density at radius 2 is 2.25 bits per heavy atom. The van der Waals surface area contributed by atoms with E-state index in [0.29, 0.717) is 23.5 Å². The van der Waals surface area contributed by atoms with Gasteiger partial charge < -0.3 is 14.5 Å². The minimum Gasteiger partial charge on any atom is -0.432 e. The summed E-state index contributed by atoms with van der Waals surface area (Å²) in [6, 6.07) is 4.81. The highest BCUT2D eigenvalue weighted by Gasteiger charge is 2.11. The van der Waals surface area contributed by atoms with E-state index in [4.69, 9.17) is 4.74 Å². The molecule has 1 aromatic carbocycles. The van der Waals surface area contributed by atoms with Crippen LogP contribution < -0.4 is 4.74 Å². The summed E-state index contributed by atoms with van der Waals surface area (Å²) in [7, 11) is 1.53. The van der Waals surface area contributed by atoms with Gasteiger partial charge in [0.05, 0.1) is 5.52 Å². The first kappa shape index (κ1) is 10.8. The van der Waals surface area contributed by atoms with E-state index in [2.05, 4.69) is 14.7 Å². The zero-order valence-electron chi connectivity index (χ0n) is 8.54. The molecule has 4 nitrogen and oxygen atoms in total. The van der Waals surface area contributed by atoms with Crippen molar-refractivity contribution < 1.29 is 18.3 Å². The molecule has 2 rings (SSSR count). The number of aromatic nitrogens is 2. The average Bonchev–Trinajstić information content (AvgIpc) is 2.61. The predicted octanol–water partition coefficient (Wildman–Crippen LogP) is 2.31. The number of aromatic amines is 1. The number of halogens is 2. The van der Waals surface area contributed by atoms with Gasteiger partial charge in [0.15, 0.2) is 5.75 Å². The van der Waals surface area contributed by atoms with Crippen molar-refractivity contribution in [3.63, 3.8) is 0 Å². The van der Waals surface area contributed by atoms with Crippen LogP contribution in [0.4, 0.5) is 8.78 Å². The van der Waals surface area contributed by atoms with Crippen LogP contribution in [0.5, 0.6) is 5.75 Å². The van der Waals surface area contributed by atoms with E-state index < -0.39 is 6.61 Å². The molecule has 0 spiro atoms. The van der Waals surface area contributed by atoms with Crippen LogP contribution in [0.2, 0.25) is 0 Å². The second-order valence-corrected chi connectivity index (χ2v) is 3.15. The van der Waals surface area contributed by atoms with Gasteiger partial charge in [-0.05, 0) is 12.1 Å². The third-order valence-corrected chi connectivity index (χ3v) is 2.02. The molecule has 0 bridgehead atoms. The largest absolute Gasteiger partial charge is 0.432 e. The van der Waals surface area contributed by atoms with Gasteiger partial charge in [0.25, 0.3) is 0 Å². The standard InChI is InChI=1S/C10H10F2N2O2/c1-15-5-8-13-6-3-2-4-7(9(6)14-8)16-10(11)12/h2-4,10H,5H2,1H3,(H,13,14). The van der Waals surface area contributed by atoms with Gasteiger partial charge in [0.1, 0.15) is 17.9 Å². The van der Waals surface area contributed by atoms with E-state index >= 15 is 0 Å². The van der Waals surface area contributed by atoms with Crippen molar-refractivity contribution in [2.24, 2.45) is 0 Å². The van der Waals surface area contributed by atoms with Crippen molar-refractivity contribution in [1.29, 1.82) is 0 Å². The Hall–Kier alpha value is -1.69. The highest BCUT2D eigenvalue weighted by atomic mass is 19.3. The molecule has 86 valence electrons. The summed E-state index contributed by atoms with van der Waals surface area (Å²) in [6.07, 6.45) is 0. The van der Waals surface area contributed by atoms with E-state index in [0.717, 1.165) is 0 Å². The Morgan fingerprint density at radius 3 is 2.94 bits per heavy atom. The Labute approximate surface area is 90.2 Å². The van der Waals surface area contributed by atoms with Crippen LogP contribution in [0.3, 0.4) is 0 Å². The number of methoxy groups -OCH3 is 1. The molecule has 0 amide bonds. The van der Waals surface area contributed by atoms with E-state index in [1.807, 2.05) is 0 Å². The van der Waals surface area contributed by atoms with Crippen LogP contribution in [0.1, 0.15) is 5.82 Å². The molecule has 0 aliphatic heterocycles. The third kappa shape index (κ3) is 2.11. The first-order valence-corrected chi connectivity index (χ1v) is 4.62. The van der Waals surface area contributed by atoms with Crippen LogP contribution >= 0.6 is 0 Å². The number of rotatable bonds is 4. The summed E-state index contributed by atoms with van der Waals surface area (Å²) in [4.78, 5) is 7.07. The van der Waals surface area contributed by atoms with Gasteiger partial charge in [-0.15, -0.1) is 0 Å². The lowest BCUT2D eigenvalue weighted by atomic mass is 10.3. The Bertz CT molecular complexity index is 485. The molecule has 0 atom stereocenters. The zero-order chi connectivity index (χ0) is 11.5. The molecule has 1 heterocycles.